The van der Waals surface area contributed by atoms with E-state index in [-0.39, 0.29) is 18.5 Å². The molecule has 67 heavy (non-hydrogen) atoms. The SMILES string of the molecule is CCCCCC/C=C\C/C=C\CCCCCCCC(=O)OCCCCCCCCCCCCCCCCCCCCCCCC(=O)NC(CO)C(O)/C=C/CCCCCCCCCCCCC. The normalized spacial score (nSPS) is 12.8. The van der Waals surface area contributed by atoms with E-state index < -0.39 is 12.1 Å². The third-order valence-electron chi connectivity index (χ3n) is 13.7. The molecule has 0 saturated carbocycles. The maximum atomic E-state index is 12.4. The van der Waals surface area contributed by atoms with Gasteiger partial charge in [0.2, 0.25) is 5.91 Å². The number of aliphatic hydroxyl groups is 2. The van der Waals surface area contributed by atoms with Crippen molar-refractivity contribution in [3.05, 3.63) is 36.5 Å². The van der Waals surface area contributed by atoms with Gasteiger partial charge in [-0.25, -0.2) is 0 Å². The number of esters is 1. The quantitative estimate of drug-likeness (QED) is 0.0321. The Morgan fingerprint density at radius 1 is 0.418 bits per heavy atom. The Balaban J connectivity index is 3.40. The highest BCUT2D eigenvalue weighted by Gasteiger charge is 2.18. The highest BCUT2D eigenvalue weighted by atomic mass is 16.5. The van der Waals surface area contributed by atoms with E-state index in [2.05, 4.69) is 43.5 Å². The van der Waals surface area contributed by atoms with Gasteiger partial charge in [-0.05, 0) is 64.2 Å². The van der Waals surface area contributed by atoms with Crippen LogP contribution in [0.5, 0.6) is 0 Å². The van der Waals surface area contributed by atoms with Gasteiger partial charge in [-0.1, -0.05) is 275 Å². The molecular weight excluding hydrogens is 827 g/mol. The summed E-state index contributed by atoms with van der Waals surface area (Å²) in [4.78, 5) is 24.5. The molecular formula is C61H115NO5. The second-order valence-corrected chi connectivity index (χ2v) is 20.3. The van der Waals surface area contributed by atoms with Crippen molar-refractivity contribution in [3.63, 3.8) is 0 Å². The molecule has 6 nitrogen and oxygen atoms in total. The number of amides is 1. The number of carbonyl (C=O) groups excluding carboxylic acids is 2. The van der Waals surface area contributed by atoms with Crippen molar-refractivity contribution in [1.82, 2.24) is 5.32 Å². The predicted octanol–water partition coefficient (Wildman–Crippen LogP) is 18.4. The van der Waals surface area contributed by atoms with Gasteiger partial charge in [0.15, 0.2) is 0 Å². The fraction of sp³-hybridized carbons (Fsp3) is 0.869. The minimum absolute atomic E-state index is 0.00226. The first-order valence-corrected chi connectivity index (χ1v) is 29.8. The first kappa shape index (κ1) is 65.1. The number of aliphatic hydroxyl groups excluding tert-OH is 2. The zero-order chi connectivity index (χ0) is 48.6. The number of hydrogen-bond donors (Lipinski definition) is 3. The third-order valence-corrected chi connectivity index (χ3v) is 13.7. The molecule has 1 amide bonds. The van der Waals surface area contributed by atoms with Gasteiger partial charge in [0.25, 0.3) is 0 Å². The van der Waals surface area contributed by atoms with Crippen LogP contribution in [0.2, 0.25) is 0 Å². The molecule has 3 N–H and O–H groups in total. The van der Waals surface area contributed by atoms with Crippen LogP contribution in [0.25, 0.3) is 0 Å². The highest BCUT2D eigenvalue weighted by Crippen LogP contribution is 2.17. The third kappa shape index (κ3) is 53.3. The minimum Gasteiger partial charge on any atom is -0.466 e. The monoisotopic (exact) mass is 942 g/mol. The number of hydrogen-bond acceptors (Lipinski definition) is 5. The Hall–Kier alpha value is -1.92. The summed E-state index contributed by atoms with van der Waals surface area (Å²) in [6.07, 6.45) is 70.3. The van der Waals surface area contributed by atoms with E-state index in [1.54, 1.807) is 6.08 Å². The maximum absolute atomic E-state index is 12.4. The minimum atomic E-state index is -0.845. The van der Waals surface area contributed by atoms with Crippen LogP contribution in [-0.2, 0) is 14.3 Å². The summed E-state index contributed by atoms with van der Waals surface area (Å²) in [7, 11) is 0. The lowest BCUT2D eigenvalue weighted by Gasteiger charge is -2.20. The van der Waals surface area contributed by atoms with Crippen LogP contribution >= 0.6 is 0 Å². The van der Waals surface area contributed by atoms with Gasteiger partial charge in [-0.3, -0.25) is 9.59 Å². The second-order valence-electron chi connectivity index (χ2n) is 20.3. The Morgan fingerprint density at radius 3 is 1.15 bits per heavy atom. The zero-order valence-electron chi connectivity index (χ0n) is 44.9. The van der Waals surface area contributed by atoms with Crippen molar-refractivity contribution >= 4 is 11.9 Å². The largest absolute Gasteiger partial charge is 0.466 e. The molecule has 0 saturated heterocycles. The van der Waals surface area contributed by atoms with Gasteiger partial charge in [0, 0.05) is 12.8 Å². The van der Waals surface area contributed by atoms with Crippen LogP contribution < -0.4 is 5.32 Å². The van der Waals surface area contributed by atoms with Gasteiger partial charge in [-0.15, -0.1) is 0 Å². The van der Waals surface area contributed by atoms with Crippen LogP contribution in [0.1, 0.15) is 316 Å². The molecule has 2 atom stereocenters. The molecule has 394 valence electrons. The van der Waals surface area contributed by atoms with E-state index in [1.807, 2.05) is 6.08 Å². The zero-order valence-corrected chi connectivity index (χ0v) is 44.9. The van der Waals surface area contributed by atoms with Gasteiger partial charge < -0.3 is 20.3 Å². The molecule has 0 aromatic rings. The average molecular weight is 943 g/mol. The fourth-order valence-electron chi connectivity index (χ4n) is 9.08. The van der Waals surface area contributed by atoms with Gasteiger partial charge >= 0.3 is 5.97 Å². The Morgan fingerprint density at radius 2 is 0.746 bits per heavy atom. The van der Waals surface area contributed by atoms with Crippen molar-refractivity contribution in [2.75, 3.05) is 13.2 Å². The lowest BCUT2D eigenvalue weighted by Crippen LogP contribution is -2.45. The number of unbranched alkanes of at least 4 members (excludes halogenated alkanes) is 40. The molecule has 0 aliphatic carbocycles. The number of ether oxygens (including phenoxy) is 1. The molecule has 0 fully saturated rings. The lowest BCUT2D eigenvalue weighted by molar-refractivity contribution is -0.143. The summed E-state index contributed by atoms with van der Waals surface area (Å²) in [6, 6.07) is -0.628. The molecule has 2 unspecified atom stereocenters. The van der Waals surface area contributed by atoms with Gasteiger partial charge in [0.05, 0.1) is 25.4 Å². The molecule has 0 aliphatic heterocycles. The van der Waals surface area contributed by atoms with E-state index in [1.165, 1.54) is 238 Å². The molecule has 0 radical (unpaired) electrons. The standard InChI is InChI=1S/C61H115NO5/c1-3-5-7-9-11-13-15-17-18-27-31-35-39-43-47-51-55-61(66)67-56-52-48-44-40-36-32-28-25-23-21-19-20-22-24-26-30-34-38-42-46-50-54-60(65)62-58(57-63)59(64)53-49-45-41-37-33-29-16-14-12-10-8-6-4-2/h13,15,18,27,49,53,58-59,63-64H,3-12,14,16-17,19-26,28-48,50-52,54-57H2,1-2H3,(H,62,65)/b15-13-,27-18-,53-49+. The second kappa shape index (κ2) is 56.7. The molecule has 0 spiro atoms. The Bertz CT molecular complexity index is 1090. The summed E-state index contributed by atoms with van der Waals surface area (Å²) in [6.45, 7) is 4.88. The van der Waals surface area contributed by atoms with E-state index >= 15 is 0 Å². The van der Waals surface area contributed by atoms with E-state index in [0.29, 0.717) is 19.4 Å². The summed E-state index contributed by atoms with van der Waals surface area (Å²) in [5.41, 5.74) is 0. The Kier molecular flexibility index (Phi) is 55.0. The number of allylic oxidation sites excluding steroid dienone is 5. The number of carbonyl (C=O) groups is 2. The van der Waals surface area contributed by atoms with Crippen LogP contribution in [0.4, 0.5) is 0 Å². The predicted molar refractivity (Wildman–Crippen MR) is 292 cm³/mol. The van der Waals surface area contributed by atoms with Gasteiger partial charge in [0.1, 0.15) is 0 Å². The first-order chi connectivity index (χ1) is 33.0. The molecule has 0 heterocycles. The summed E-state index contributed by atoms with van der Waals surface area (Å²) >= 11 is 0. The van der Waals surface area contributed by atoms with E-state index in [0.717, 1.165) is 51.4 Å². The molecule has 0 aromatic heterocycles. The molecule has 6 heteroatoms. The highest BCUT2D eigenvalue weighted by molar-refractivity contribution is 5.76. The van der Waals surface area contributed by atoms with Crippen molar-refractivity contribution in [2.45, 2.75) is 328 Å². The topological polar surface area (TPSA) is 95.9 Å². The number of nitrogens with one attached hydrogen (secondary N) is 1. The van der Waals surface area contributed by atoms with E-state index in [9.17, 15) is 19.8 Å². The van der Waals surface area contributed by atoms with Crippen LogP contribution in [0, 0.1) is 0 Å². The van der Waals surface area contributed by atoms with Crippen molar-refractivity contribution in [3.8, 4) is 0 Å². The molecule has 0 aromatic carbocycles. The molecule has 0 aliphatic rings. The van der Waals surface area contributed by atoms with Crippen LogP contribution in [-0.4, -0.2) is 47.4 Å². The first-order valence-electron chi connectivity index (χ1n) is 29.8. The van der Waals surface area contributed by atoms with Gasteiger partial charge in [-0.2, -0.15) is 0 Å². The lowest BCUT2D eigenvalue weighted by atomic mass is 10.0. The number of rotatable bonds is 55. The average Bonchev–Trinajstić information content (AvgIpc) is 3.33. The summed E-state index contributed by atoms with van der Waals surface area (Å²) in [5, 5.41) is 23.1. The van der Waals surface area contributed by atoms with Crippen molar-refractivity contribution in [2.24, 2.45) is 0 Å². The van der Waals surface area contributed by atoms with Crippen molar-refractivity contribution in [1.29, 1.82) is 0 Å². The van der Waals surface area contributed by atoms with Crippen molar-refractivity contribution < 1.29 is 24.5 Å². The molecule has 0 bridgehead atoms. The smallest absolute Gasteiger partial charge is 0.305 e. The molecule has 0 rings (SSSR count). The van der Waals surface area contributed by atoms with Crippen LogP contribution in [0.3, 0.4) is 0 Å². The Labute approximate surface area is 417 Å². The van der Waals surface area contributed by atoms with Crippen LogP contribution in [0.15, 0.2) is 36.5 Å². The maximum Gasteiger partial charge on any atom is 0.305 e. The fourth-order valence-corrected chi connectivity index (χ4v) is 9.08. The van der Waals surface area contributed by atoms with E-state index in [4.69, 9.17) is 4.74 Å². The summed E-state index contributed by atoms with van der Waals surface area (Å²) in [5.74, 6) is -0.0714. The summed E-state index contributed by atoms with van der Waals surface area (Å²) < 4.78 is 5.48.